The summed E-state index contributed by atoms with van der Waals surface area (Å²) in [7, 11) is 0. The van der Waals surface area contributed by atoms with Crippen molar-refractivity contribution in [1.82, 2.24) is 0 Å². The van der Waals surface area contributed by atoms with Gasteiger partial charge in [-0.1, -0.05) is 82.1 Å². The van der Waals surface area contributed by atoms with Crippen molar-refractivity contribution in [3.8, 4) is 11.5 Å². The van der Waals surface area contributed by atoms with Gasteiger partial charge in [-0.05, 0) is 74.5 Å². The molecule has 3 unspecified atom stereocenters. The number of ether oxygens (including phenoxy) is 5. The van der Waals surface area contributed by atoms with Crippen LogP contribution in [0.25, 0.3) is 0 Å². The summed E-state index contributed by atoms with van der Waals surface area (Å²) in [6.07, 6.45) is 12.2. The molecule has 1 rings (SSSR count). The second kappa shape index (κ2) is 27.3. The molecule has 0 bridgehead atoms. The van der Waals surface area contributed by atoms with E-state index in [9.17, 15) is 14.7 Å². The molecule has 0 amide bonds. The van der Waals surface area contributed by atoms with E-state index < -0.39 is 6.29 Å². The van der Waals surface area contributed by atoms with Crippen LogP contribution in [0, 0.1) is 11.8 Å². The van der Waals surface area contributed by atoms with Crippen LogP contribution in [0.3, 0.4) is 0 Å². The van der Waals surface area contributed by atoms with Gasteiger partial charge in [-0.3, -0.25) is 9.59 Å². The summed E-state index contributed by atoms with van der Waals surface area (Å²) < 4.78 is 28.6. The van der Waals surface area contributed by atoms with Crippen LogP contribution >= 0.6 is 15.9 Å². The van der Waals surface area contributed by atoms with E-state index in [4.69, 9.17) is 23.7 Å². The van der Waals surface area contributed by atoms with Gasteiger partial charge in [0, 0.05) is 24.2 Å². The molecule has 0 aliphatic heterocycles. The van der Waals surface area contributed by atoms with Gasteiger partial charge in [-0.2, -0.15) is 0 Å². The number of hydrogen-bond donors (Lipinski definition) is 1. The lowest BCUT2D eigenvalue weighted by Crippen LogP contribution is -2.18. The van der Waals surface area contributed by atoms with Crippen molar-refractivity contribution < 1.29 is 38.4 Å². The van der Waals surface area contributed by atoms with Gasteiger partial charge >= 0.3 is 11.9 Å². The first-order valence-corrected chi connectivity index (χ1v) is 18.5. The van der Waals surface area contributed by atoms with Gasteiger partial charge in [0.15, 0.2) is 6.29 Å². The quantitative estimate of drug-likeness (QED) is 0.0383. The van der Waals surface area contributed by atoms with Crippen molar-refractivity contribution in [2.45, 2.75) is 137 Å². The van der Waals surface area contributed by atoms with E-state index in [1.54, 1.807) is 0 Å². The van der Waals surface area contributed by atoms with E-state index in [0.717, 1.165) is 62.3 Å². The Balaban J connectivity index is 2.56. The molecular formula is C36H61BrO8. The van der Waals surface area contributed by atoms with Crippen LogP contribution in [0.4, 0.5) is 0 Å². The third-order valence-electron chi connectivity index (χ3n) is 7.85. The molecule has 0 aliphatic rings. The predicted molar refractivity (Wildman–Crippen MR) is 183 cm³/mol. The Bertz CT molecular complexity index is 896. The minimum absolute atomic E-state index is 0.123. The summed E-state index contributed by atoms with van der Waals surface area (Å²) in [4.78, 5) is 24.3. The third-order valence-corrected chi connectivity index (χ3v) is 8.41. The number of esters is 2. The van der Waals surface area contributed by atoms with Gasteiger partial charge in [0.05, 0.1) is 26.4 Å². The standard InChI is InChI=1S/C36H61BrO8/c1-5-9-15-29(7-3)26-43-34(38)17-11-12-21-41-32-23-31(28-45-35(39)18-13-20-37)24-33(25-32)42-22-14-19-36(40)44-27-30(8-4)16-10-6-2/h23-25,29-30,34,38H,5-22,26-28H2,1-4H3. The Hall–Kier alpha value is -1.84. The van der Waals surface area contributed by atoms with Crippen LogP contribution in [0.2, 0.25) is 0 Å². The number of carbonyl (C=O) groups is 2. The van der Waals surface area contributed by atoms with Crippen molar-refractivity contribution in [1.29, 1.82) is 0 Å². The number of aliphatic hydroxyl groups is 1. The number of halogens is 1. The minimum atomic E-state index is -0.755. The first-order valence-electron chi connectivity index (χ1n) is 17.4. The van der Waals surface area contributed by atoms with E-state index in [1.807, 2.05) is 18.2 Å². The van der Waals surface area contributed by atoms with Gasteiger partial charge in [0.25, 0.3) is 0 Å². The summed E-state index contributed by atoms with van der Waals surface area (Å²) in [6.45, 7) is 10.7. The van der Waals surface area contributed by atoms with Crippen LogP contribution in [0.15, 0.2) is 18.2 Å². The van der Waals surface area contributed by atoms with E-state index in [1.165, 1.54) is 12.8 Å². The Labute approximate surface area is 281 Å². The lowest BCUT2D eigenvalue weighted by atomic mass is 10.0. The largest absolute Gasteiger partial charge is 0.493 e. The summed E-state index contributed by atoms with van der Waals surface area (Å²) >= 11 is 3.34. The number of benzene rings is 1. The number of rotatable bonds is 29. The van der Waals surface area contributed by atoms with Crippen molar-refractivity contribution in [2.75, 3.05) is 31.8 Å². The van der Waals surface area contributed by atoms with E-state index >= 15 is 0 Å². The minimum Gasteiger partial charge on any atom is -0.493 e. The highest BCUT2D eigenvalue weighted by atomic mass is 79.9. The van der Waals surface area contributed by atoms with Crippen molar-refractivity contribution in [3.05, 3.63) is 23.8 Å². The molecule has 1 aromatic rings. The zero-order valence-electron chi connectivity index (χ0n) is 28.5. The number of hydrogen-bond acceptors (Lipinski definition) is 8. The van der Waals surface area contributed by atoms with Crippen LogP contribution in [-0.4, -0.2) is 55.1 Å². The molecule has 9 heteroatoms. The molecule has 0 aliphatic carbocycles. The highest BCUT2D eigenvalue weighted by Crippen LogP contribution is 2.25. The van der Waals surface area contributed by atoms with E-state index in [-0.39, 0.29) is 18.5 Å². The van der Waals surface area contributed by atoms with Gasteiger partial charge in [0.2, 0.25) is 0 Å². The average Bonchev–Trinajstić information content (AvgIpc) is 3.04. The van der Waals surface area contributed by atoms with Gasteiger partial charge < -0.3 is 28.8 Å². The highest BCUT2D eigenvalue weighted by Gasteiger charge is 2.13. The molecule has 8 nitrogen and oxygen atoms in total. The highest BCUT2D eigenvalue weighted by molar-refractivity contribution is 9.09. The Morgan fingerprint density at radius 2 is 1.29 bits per heavy atom. The lowest BCUT2D eigenvalue weighted by Gasteiger charge is -2.18. The normalized spacial score (nSPS) is 13.2. The second-order valence-corrected chi connectivity index (χ2v) is 12.7. The fraction of sp³-hybridized carbons (Fsp3) is 0.778. The smallest absolute Gasteiger partial charge is 0.306 e. The second-order valence-electron chi connectivity index (χ2n) is 11.9. The zero-order valence-corrected chi connectivity index (χ0v) is 30.1. The van der Waals surface area contributed by atoms with Crippen molar-refractivity contribution in [3.63, 3.8) is 0 Å². The maximum atomic E-state index is 12.2. The Kier molecular flexibility index (Phi) is 25.0. The van der Waals surface area contributed by atoms with Crippen molar-refractivity contribution in [2.24, 2.45) is 11.8 Å². The van der Waals surface area contributed by atoms with Crippen molar-refractivity contribution >= 4 is 27.9 Å². The van der Waals surface area contributed by atoms with Gasteiger partial charge in [-0.15, -0.1) is 0 Å². The SMILES string of the molecule is CCCCC(CC)COC(=O)CCCOc1cc(COC(=O)CCCBr)cc(OCCCCC(O)OCC(CC)CCCC)c1. The number of aliphatic hydroxyl groups excluding tert-OH is 1. The van der Waals surface area contributed by atoms with Crippen LogP contribution in [0.5, 0.6) is 11.5 Å². The Morgan fingerprint density at radius 3 is 1.89 bits per heavy atom. The van der Waals surface area contributed by atoms with Crippen LogP contribution in [-0.2, 0) is 30.4 Å². The number of alkyl halides is 1. The third kappa shape index (κ3) is 21.6. The van der Waals surface area contributed by atoms with Crippen LogP contribution < -0.4 is 9.47 Å². The monoisotopic (exact) mass is 700 g/mol. The van der Waals surface area contributed by atoms with E-state index in [2.05, 4.69) is 43.6 Å². The first-order chi connectivity index (χ1) is 21.8. The molecule has 260 valence electrons. The topological polar surface area (TPSA) is 101 Å². The Morgan fingerprint density at radius 1 is 0.711 bits per heavy atom. The van der Waals surface area contributed by atoms with Crippen LogP contribution in [0.1, 0.15) is 130 Å². The molecule has 0 radical (unpaired) electrons. The molecule has 1 N–H and O–H groups in total. The summed E-state index contributed by atoms with van der Waals surface area (Å²) in [5.74, 6) is 1.69. The summed E-state index contributed by atoms with van der Waals surface area (Å²) in [5.41, 5.74) is 0.768. The maximum absolute atomic E-state index is 12.2. The van der Waals surface area contributed by atoms with Gasteiger partial charge in [-0.25, -0.2) is 0 Å². The maximum Gasteiger partial charge on any atom is 0.306 e. The molecule has 0 aromatic heterocycles. The molecular weight excluding hydrogens is 640 g/mol. The first kappa shape index (κ1) is 41.2. The molecule has 0 saturated carbocycles. The molecule has 45 heavy (non-hydrogen) atoms. The number of unbranched alkanes of at least 4 members (excludes halogenated alkanes) is 3. The van der Waals surface area contributed by atoms with E-state index in [0.29, 0.717) is 81.9 Å². The number of carbonyl (C=O) groups excluding carboxylic acids is 2. The predicted octanol–water partition coefficient (Wildman–Crippen LogP) is 8.92. The van der Waals surface area contributed by atoms with Gasteiger partial charge in [0.1, 0.15) is 18.1 Å². The fourth-order valence-electron chi connectivity index (χ4n) is 4.76. The molecule has 0 spiro atoms. The summed E-state index contributed by atoms with van der Waals surface area (Å²) in [6, 6.07) is 5.50. The molecule has 3 atom stereocenters. The fourth-order valence-corrected chi connectivity index (χ4v) is 5.04. The molecule has 0 heterocycles. The lowest BCUT2D eigenvalue weighted by molar-refractivity contribution is -0.146. The zero-order chi connectivity index (χ0) is 33.1. The molecule has 0 fully saturated rings. The summed E-state index contributed by atoms with van der Waals surface area (Å²) in [5, 5.41) is 11.0. The molecule has 1 aromatic carbocycles. The average molecular weight is 702 g/mol. The molecule has 0 saturated heterocycles.